The van der Waals surface area contributed by atoms with Gasteiger partial charge in [0, 0.05) is 34.0 Å². The van der Waals surface area contributed by atoms with Crippen molar-refractivity contribution in [3.8, 4) is 0 Å². The number of nitrogens with one attached hydrogen (secondary N) is 1. The number of benzene rings is 2. The lowest BCUT2D eigenvalue weighted by molar-refractivity contribution is -0.157. The molecule has 0 aromatic heterocycles. The van der Waals surface area contributed by atoms with Gasteiger partial charge in [-0.05, 0) is 68.0 Å². The Labute approximate surface area is 212 Å². The molecule has 0 bridgehead atoms. The third-order valence-electron chi connectivity index (χ3n) is 6.37. The van der Waals surface area contributed by atoms with Gasteiger partial charge < -0.3 is 15.8 Å². The maximum atomic E-state index is 15.6. The Morgan fingerprint density at radius 1 is 1.06 bits per heavy atom. The molecule has 0 aliphatic carbocycles. The standard InChI is InChI=1S/C27H35Cl2FN2O2/c1-25(2,3)14-21-27(15-31,19-12-11-18(29)13-20(19)30)22(16-7-9-17(28)10-8-16)23(32-21)24(33)34-26(4,5)6/h7-13,21-23,32H,14-15,31H2,1-6H3/t21-,22-,23+,27-/m0/s1. The van der Waals surface area contributed by atoms with Gasteiger partial charge in [-0.25, -0.2) is 4.39 Å². The second kappa shape index (κ2) is 9.77. The van der Waals surface area contributed by atoms with Crippen molar-refractivity contribution in [3.63, 3.8) is 0 Å². The van der Waals surface area contributed by atoms with Crippen molar-refractivity contribution in [2.75, 3.05) is 6.54 Å². The van der Waals surface area contributed by atoms with Crippen LogP contribution in [0.5, 0.6) is 0 Å². The summed E-state index contributed by atoms with van der Waals surface area (Å²) < 4.78 is 21.4. The number of hydrogen-bond donors (Lipinski definition) is 2. The number of esters is 1. The highest BCUT2D eigenvalue weighted by Crippen LogP contribution is 2.52. The van der Waals surface area contributed by atoms with Gasteiger partial charge in [0.15, 0.2) is 0 Å². The number of carbonyl (C=O) groups excluding carboxylic acids is 1. The summed E-state index contributed by atoms with van der Waals surface area (Å²) in [6.07, 6.45) is 0.662. The number of halogens is 3. The molecule has 4 atom stereocenters. The third kappa shape index (κ3) is 5.59. The van der Waals surface area contributed by atoms with Crippen LogP contribution >= 0.6 is 23.2 Å². The van der Waals surface area contributed by atoms with E-state index in [4.69, 9.17) is 33.7 Å². The molecule has 3 rings (SSSR count). The summed E-state index contributed by atoms with van der Waals surface area (Å²) in [7, 11) is 0. The zero-order valence-electron chi connectivity index (χ0n) is 20.7. The fraction of sp³-hybridized carbons (Fsp3) is 0.519. The molecule has 2 aromatic carbocycles. The van der Waals surface area contributed by atoms with Crippen LogP contribution in [0, 0.1) is 11.2 Å². The molecule has 2 aromatic rings. The van der Waals surface area contributed by atoms with Crippen LogP contribution in [0.25, 0.3) is 0 Å². The van der Waals surface area contributed by atoms with E-state index in [1.54, 1.807) is 24.3 Å². The van der Waals surface area contributed by atoms with E-state index in [0.717, 1.165) is 5.56 Å². The Kier molecular flexibility index (Phi) is 7.74. The van der Waals surface area contributed by atoms with E-state index in [9.17, 15) is 4.79 Å². The highest BCUT2D eigenvalue weighted by Gasteiger charge is 2.59. The number of nitrogens with two attached hydrogens (primary N) is 1. The topological polar surface area (TPSA) is 64.3 Å². The molecular formula is C27H35Cl2FN2O2. The fourth-order valence-electron chi connectivity index (χ4n) is 5.16. The number of rotatable bonds is 5. The molecule has 0 amide bonds. The molecule has 7 heteroatoms. The minimum Gasteiger partial charge on any atom is -0.459 e. The predicted molar refractivity (Wildman–Crippen MR) is 137 cm³/mol. The Morgan fingerprint density at radius 3 is 2.15 bits per heavy atom. The molecule has 186 valence electrons. The van der Waals surface area contributed by atoms with Crippen molar-refractivity contribution in [3.05, 3.63) is 69.5 Å². The first-order chi connectivity index (χ1) is 15.7. The van der Waals surface area contributed by atoms with Crippen LogP contribution in [0.15, 0.2) is 42.5 Å². The fourth-order valence-corrected chi connectivity index (χ4v) is 5.44. The number of ether oxygens (including phenoxy) is 1. The summed E-state index contributed by atoms with van der Waals surface area (Å²) in [5, 5.41) is 4.41. The van der Waals surface area contributed by atoms with Gasteiger partial charge in [0.2, 0.25) is 0 Å². The lowest BCUT2D eigenvalue weighted by Gasteiger charge is -2.42. The first kappa shape index (κ1) is 26.9. The first-order valence-electron chi connectivity index (χ1n) is 11.6. The highest BCUT2D eigenvalue weighted by molar-refractivity contribution is 6.30. The summed E-state index contributed by atoms with van der Waals surface area (Å²) in [6.45, 7) is 12.0. The monoisotopic (exact) mass is 508 g/mol. The van der Waals surface area contributed by atoms with E-state index in [1.807, 2.05) is 32.9 Å². The number of carbonyl (C=O) groups is 1. The maximum Gasteiger partial charge on any atom is 0.324 e. The normalized spacial score (nSPS) is 25.4. The molecular weight excluding hydrogens is 474 g/mol. The average Bonchev–Trinajstić information content (AvgIpc) is 3.00. The Bertz CT molecular complexity index is 1030. The van der Waals surface area contributed by atoms with E-state index in [-0.39, 0.29) is 18.0 Å². The molecule has 0 unspecified atom stereocenters. The minimum atomic E-state index is -0.933. The summed E-state index contributed by atoms with van der Waals surface area (Å²) in [4.78, 5) is 13.5. The zero-order valence-corrected chi connectivity index (χ0v) is 22.2. The third-order valence-corrected chi connectivity index (χ3v) is 6.85. The average molecular weight is 509 g/mol. The quantitative estimate of drug-likeness (QED) is 0.469. The van der Waals surface area contributed by atoms with E-state index in [0.29, 0.717) is 22.0 Å². The SMILES string of the molecule is CC(C)(C)C[C@@H]1N[C@@H](C(=O)OC(C)(C)C)[C@H](c2ccc(Cl)cc2)[C@@]1(CN)c1ccc(Cl)cc1F. The van der Waals surface area contributed by atoms with Crippen molar-refractivity contribution in [1.29, 1.82) is 0 Å². The molecule has 0 spiro atoms. The van der Waals surface area contributed by atoms with Crippen LogP contribution in [0.4, 0.5) is 4.39 Å². The van der Waals surface area contributed by atoms with E-state index < -0.39 is 34.8 Å². The molecule has 34 heavy (non-hydrogen) atoms. The molecule has 1 heterocycles. The molecule has 1 fully saturated rings. The molecule has 1 aliphatic heterocycles. The van der Waals surface area contributed by atoms with Crippen LogP contribution in [0.1, 0.15) is 65.0 Å². The molecule has 0 radical (unpaired) electrons. The predicted octanol–water partition coefficient (Wildman–Crippen LogP) is 6.23. The zero-order chi connectivity index (χ0) is 25.5. The number of hydrogen-bond acceptors (Lipinski definition) is 4. The van der Waals surface area contributed by atoms with Gasteiger partial charge >= 0.3 is 5.97 Å². The van der Waals surface area contributed by atoms with Gasteiger partial charge in [0.05, 0.1) is 0 Å². The van der Waals surface area contributed by atoms with Gasteiger partial charge in [-0.2, -0.15) is 0 Å². The van der Waals surface area contributed by atoms with Crippen molar-refractivity contribution in [1.82, 2.24) is 5.32 Å². The lowest BCUT2D eigenvalue weighted by Crippen LogP contribution is -2.50. The van der Waals surface area contributed by atoms with Crippen LogP contribution in [-0.4, -0.2) is 30.2 Å². The maximum absolute atomic E-state index is 15.6. The summed E-state index contributed by atoms with van der Waals surface area (Å²) in [5.74, 6) is -1.33. The molecule has 1 saturated heterocycles. The highest BCUT2D eigenvalue weighted by atomic mass is 35.5. The van der Waals surface area contributed by atoms with E-state index >= 15 is 4.39 Å². The molecule has 0 saturated carbocycles. The molecule has 1 aliphatic rings. The van der Waals surface area contributed by atoms with Gasteiger partial charge in [0.25, 0.3) is 0 Å². The van der Waals surface area contributed by atoms with Gasteiger partial charge in [-0.15, -0.1) is 0 Å². The lowest BCUT2D eigenvalue weighted by atomic mass is 9.62. The van der Waals surface area contributed by atoms with Crippen molar-refractivity contribution in [2.24, 2.45) is 11.1 Å². The van der Waals surface area contributed by atoms with Crippen molar-refractivity contribution in [2.45, 2.75) is 77.0 Å². The van der Waals surface area contributed by atoms with Gasteiger partial charge in [0.1, 0.15) is 17.5 Å². The minimum absolute atomic E-state index is 0.117. The second-order valence-electron chi connectivity index (χ2n) is 11.4. The summed E-state index contributed by atoms with van der Waals surface area (Å²) >= 11 is 12.3. The van der Waals surface area contributed by atoms with E-state index in [2.05, 4.69) is 26.1 Å². The summed E-state index contributed by atoms with van der Waals surface area (Å²) in [5.41, 5.74) is 6.09. The van der Waals surface area contributed by atoms with Crippen LogP contribution in [-0.2, 0) is 14.9 Å². The Balaban J connectivity index is 2.29. The van der Waals surface area contributed by atoms with Crippen molar-refractivity contribution < 1.29 is 13.9 Å². The van der Waals surface area contributed by atoms with E-state index in [1.165, 1.54) is 6.07 Å². The Hall–Kier alpha value is -1.66. The largest absolute Gasteiger partial charge is 0.459 e. The van der Waals surface area contributed by atoms with Crippen LogP contribution in [0.2, 0.25) is 10.0 Å². The first-order valence-corrected chi connectivity index (χ1v) is 12.3. The smallest absolute Gasteiger partial charge is 0.324 e. The molecule has 4 nitrogen and oxygen atoms in total. The van der Waals surface area contributed by atoms with Crippen molar-refractivity contribution >= 4 is 29.2 Å². The van der Waals surface area contributed by atoms with Gasteiger partial charge in [-0.1, -0.05) is 62.2 Å². The summed E-state index contributed by atoms with van der Waals surface area (Å²) in [6, 6.07) is 11.0. The van der Waals surface area contributed by atoms with Crippen LogP contribution < -0.4 is 11.1 Å². The van der Waals surface area contributed by atoms with Gasteiger partial charge in [-0.3, -0.25) is 4.79 Å². The van der Waals surface area contributed by atoms with Crippen LogP contribution in [0.3, 0.4) is 0 Å². The Morgan fingerprint density at radius 2 is 1.65 bits per heavy atom. The molecule has 3 N–H and O–H groups in total. The second-order valence-corrected chi connectivity index (χ2v) is 12.3.